The van der Waals surface area contributed by atoms with Crippen LogP contribution in [0.5, 0.6) is 0 Å². The predicted octanol–water partition coefficient (Wildman–Crippen LogP) is 2.63. The van der Waals surface area contributed by atoms with Gasteiger partial charge in [-0.05, 0) is 32.8 Å². The van der Waals surface area contributed by atoms with Crippen LogP contribution in [0.3, 0.4) is 0 Å². The van der Waals surface area contributed by atoms with E-state index in [-0.39, 0.29) is 19.8 Å². The fraction of sp³-hybridized carbons (Fsp3) is 0.579. The summed E-state index contributed by atoms with van der Waals surface area (Å²) in [7, 11) is 0. The second kappa shape index (κ2) is 8.89. The van der Waals surface area contributed by atoms with Crippen molar-refractivity contribution in [3.8, 4) is 0 Å². The van der Waals surface area contributed by atoms with E-state index in [9.17, 15) is 14.7 Å². The van der Waals surface area contributed by atoms with Crippen molar-refractivity contribution in [2.24, 2.45) is 0 Å². The monoisotopic (exact) mass is 364 g/mol. The van der Waals surface area contributed by atoms with Gasteiger partial charge in [0.2, 0.25) is 0 Å². The van der Waals surface area contributed by atoms with Crippen molar-refractivity contribution in [1.82, 2.24) is 9.80 Å². The van der Waals surface area contributed by atoms with E-state index in [1.807, 2.05) is 30.3 Å². The lowest BCUT2D eigenvalue weighted by molar-refractivity contribution is 0.0193. The molecule has 0 spiro atoms. The summed E-state index contributed by atoms with van der Waals surface area (Å²) in [5.74, 6) is 0. The molecule has 0 saturated carbocycles. The minimum atomic E-state index is -0.591. The first-order valence-corrected chi connectivity index (χ1v) is 8.86. The first-order chi connectivity index (χ1) is 12.3. The molecule has 1 aromatic carbocycles. The highest BCUT2D eigenvalue weighted by molar-refractivity contribution is 5.70. The first-order valence-electron chi connectivity index (χ1n) is 8.86. The van der Waals surface area contributed by atoms with Crippen molar-refractivity contribution < 1.29 is 24.2 Å². The van der Waals surface area contributed by atoms with Gasteiger partial charge in [-0.2, -0.15) is 0 Å². The van der Waals surface area contributed by atoms with Crippen molar-refractivity contribution in [2.75, 3.05) is 26.2 Å². The van der Waals surface area contributed by atoms with Crippen molar-refractivity contribution in [1.29, 1.82) is 0 Å². The summed E-state index contributed by atoms with van der Waals surface area (Å²) in [6.07, 6.45) is -0.328. The van der Waals surface area contributed by atoms with E-state index >= 15 is 0 Å². The van der Waals surface area contributed by atoms with Crippen LogP contribution in [0, 0.1) is 0 Å². The Morgan fingerprint density at radius 2 is 1.85 bits per heavy atom. The number of hydrogen-bond acceptors (Lipinski definition) is 5. The maximum Gasteiger partial charge on any atom is 0.410 e. The van der Waals surface area contributed by atoms with Crippen LogP contribution >= 0.6 is 0 Å². The summed E-state index contributed by atoms with van der Waals surface area (Å²) in [5.41, 5.74) is 0.304. The number of nitrogens with zero attached hydrogens (tertiary/aromatic N) is 2. The van der Waals surface area contributed by atoms with E-state index in [0.29, 0.717) is 19.5 Å². The zero-order valence-corrected chi connectivity index (χ0v) is 15.7. The zero-order valence-electron chi connectivity index (χ0n) is 15.7. The maximum atomic E-state index is 12.5. The Balaban J connectivity index is 1.97. The molecule has 2 rings (SSSR count). The molecule has 0 bridgehead atoms. The minimum Gasteiger partial charge on any atom is -0.445 e. The first kappa shape index (κ1) is 20.0. The van der Waals surface area contributed by atoms with Crippen LogP contribution in [0.1, 0.15) is 32.8 Å². The molecule has 2 amide bonds. The van der Waals surface area contributed by atoms with Gasteiger partial charge in [-0.25, -0.2) is 9.59 Å². The number of carbonyl (C=O) groups excluding carboxylic acids is 2. The van der Waals surface area contributed by atoms with Gasteiger partial charge in [-0.3, -0.25) is 0 Å². The van der Waals surface area contributed by atoms with Gasteiger partial charge in [0.25, 0.3) is 0 Å². The van der Waals surface area contributed by atoms with Gasteiger partial charge in [0.1, 0.15) is 12.2 Å². The average Bonchev–Trinajstić information content (AvgIpc) is 2.81. The lowest BCUT2D eigenvalue weighted by Crippen LogP contribution is -2.48. The highest BCUT2D eigenvalue weighted by Crippen LogP contribution is 2.16. The number of amides is 2. The molecule has 26 heavy (non-hydrogen) atoms. The highest BCUT2D eigenvalue weighted by atomic mass is 16.6. The molecule has 1 aromatic rings. The zero-order chi connectivity index (χ0) is 19.2. The number of rotatable bonds is 3. The fourth-order valence-corrected chi connectivity index (χ4v) is 2.75. The molecule has 7 nitrogen and oxygen atoms in total. The summed E-state index contributed by atoms with van der Waals surface area (Å²) in [6, 6.07) is 8.89. The van der Waals surface area contributed by atoms with Crippen molar-refractivity contribution >= 4 is 12.2 Å². The lowest BCUT2D eigenvalue weighted by atomic mass is 10.2. The maximum absolute atomic E-state index is 12.5. The smallest absolute Gasteiger partial charge is 0.410 e. The largest absolute Gasteiger partial charge is 0.445 e. The van der Waals surface area contributed by atoms with E-state index < -0.39 is 23.8 Å². The number of carbonyl (C=O) groups is 2. The summed E-state index contributed by atoms with van der Waals surface area (Å²) in [5, 5.41) is 9.72. The Kier molecular flexibility index (Phi) is 6.85. The molecule has 1 saturated heterocycles. The van der Waals surface area contributed by atoms with Crippen LogP contribution in [0.15, 0.2) is 30.3 Å². The molecule has 0 unspecified atom stereocenters. The number of aliphatic hydroxyl groups excluding tert-OH is 1. The highest BCUT2D eigenvalue weighted by Gasteiger charge is 2.32. The molecule has 1 heterocycles. The van der Waals surface area contributed by atoms with E-state index in [4.69, 9.17) is 9.47 Å². The molecule has 1 aliphatic heterocycles. The molecular formula is C19H28N2O5. The van der Waals surface area contributed by atoms with E-state index in [1.165, 1.54) is 9.80 Å². The van der Waals surface area contributed by atoms with Crippen molar-refractivity contribution in [2.45, 2.75) is 45.4 Å². The molecule has 0 radical (unpaired) electrons. The third kappa shape index (κ3) is 5.91. The Hall–Kier alpha value is -2.28. The Morgan fingerprint density at radius 3 is 2.46 bits per heavy atom. The van der Waals surface area contributed by atoms with Gasteiger partial charge in [0.05, 0.1) is 12.6 Å². The summed E-state index contributed by atoms with van der Waals surface area (Å²) in [4.78, 5) is 27.8. The van der Waals surface area contributed by atoms with Gasteiger partial charge in [-0.15, -0.1) is 0 Å². The molecule has 1 aliphatic rings. The van der Waals surface area contributed by atoms with Gasteiger partial charge in [0, 0.05) is 19.6 Å². The second-order valence-electron chi connectivity index (χ2n) is 7.35. The second-order valence-corrected chi connectivity index (χ2v) is 7.35. The van der Waals surface area contributed by atoms with E-state index in [0.717, 1.165) is 5.56 Å². The minimum absolute atomic E-state index is 0.171. The SMILES string of the molecule is CC(C)(C)OC(=O)N1CCCN(C(=O)OCc2ccccc2)[C@H](CO)C1. The van der Waals surface area contributed by atoms with Crippen molar-refractivity contribution in [3.05, 3.63) is 35.9 Å². The van der Waals surface area contributed by atoms with E-state index in [1.54, 1.807) is 20.8 Å². The van der Waals surface area contributed by atoms with Gasteiger partial charge < -0.3 is 24.4 Å². The van der Waals surface area contributed by atoms with Gasteiger partial charge >= 0.3 is 12.2 Å². The summed E-state index contributed by atoms with van der Waals surface area (Å²) >= 11 is 0. The molecule has 144 valence electrons. The summed E-state index contributed by atoms with van der Waals surface area (Å²) < 4.78 is 10.8. The fourth-order valence-electron chi connectivity index (χ4n) is 2.75. The Bertz CT molecular complexity index is 600. The standard InChI is InChI=1S/C19H28N2O5/c1-19(2,3)26-17(23)20-10-7-11-21(16(12-20)13-22)18(24)25-14-15-8-5-4-6-9-15/h4-6,8-9,16,22H,7,10-14H2,1-3H3/t16-/m0/s1. The average molecular weight is 364 g/mol. The van der Waals surface area contributed by atoms with Gasteiger partial charge in [-0.1, -0.05) is 30.3 Å². The van der Waals surface area contributed by atoms with Crippen LogP contribution in [0.25, 0.3) is 0 Å². The van der Waals surface area contributed by atoms with Crippen LogP contribution < -0.4 is 0 Å². The molecule has 1 N–H and O–H groups in total. The lowest BCUT2D eigenvalue weighted by Gasteiger charge is -2.30. The number of ether oxygens (including phenoxy) is 2. The molecular weight excluding hydrogens is 336 g/mol. The quantitative estimate of drug-likeness (QED) is 0.892. The molecule has 1 atom stereocenters. The predicted molar refractivity (Wildman–Crippen MR) is 96.6 cm³/mol. The molecule has 1 fully saturated rings. The summed E-state index contributed by atoms with van der Waals surface area (Å²) in [6.45, 7) is 6.43. The van der Waals surface area contributed by atoms with Crippen LogP contribution in [-0.4, -0.2) is 65.0 Å². The Labute approximate surface area is 154 Å². The molecule has 0 aliphatic carbocycles. The Morgan fingerprint density at radius 1 is 1.15 bits per heavy atom. The van der Waals surface area contributed by atoms with Gasteiger partial charge in [0.15, 0.2) is 0 Å². The van der Waals surface area contributed by atoms with Crippen LogP contribution in [0.2, 0.25) is 0 Å². The van der Waals surface area contributed by atoms with Crippen LogP contribution in [-0.2, 0) is 16.1 Å². The topological polar surface area (TPSA) is 79.3 Å². The molecule has 7 heteroatoms. The van der Waals surface area contributed by atoms with Crippen LogP contribution in [0.4, 0.5) is 9.59 Å². The third-order valence-corrected chi connectivity index (χ3v) is 4.00. The third-order valence-electron chi connectivity index (χ3n) is 4.00. The number of benzene rings is 1. The van der Waals surface area contributed by atoms with Crippen molar-refractivity contribution in [3.63, 3.8) is 0 Å². The number of hydrogen-bond donors (Lipinski definition) is 1. The van der Waals surface area contributed by atoms with E-state index in [2.05, 4.69) is 0 Å². The number of aliphatic hydroxyl groups is 1. The normalized spacial score (nSPS) is 18.2. The molecule has 0 aromatic heterocycles.